The van der Waals surface area contributed by atoms with Gasteiger partial charge in [-0.1, -0.05) is 617 Å². The third-order valence-electron chi connectivity index (χ3n) is 25.6. The van der Waals surface area contributed by atoms with Gasteiger partial charge >= 0.3 is 0 Å². The molecule has 0 bridgehead atoms. The van der Waals surface area contributed by atoms with Gasteiger partial charge in [0.25, 0.3) is 0 Å². The fraction of sp³-hybridized carbons (Fsp3) is 0.124. The van der Waals surface area contributed by atoms with Gasteiger partial charge in [0.2, 0.25) is 0 Å². The molecule has 0 aliphatic carbocycles. The minimum Gasteiger partial charge on any atom is -0.0579 e. The van der Waals surface area contributed by atoms with E-state index in [1.165, 1.54) is 66.8 Å². The lowest BCUT2D eigenvalue weighted by atomic mass is 9.64. The van der Waals surface area contributed by atoms with Crippen molar-refractivity contribution >= 4 is 146 Å². The van der Waals surface area contributed by atoms with Gasteiger partial charge in [0.15, 0.2) is 0 Å². The van der Waals surface area contributed by atoms with Crippen molar-refractivity contribution in [1.29, 1.82) is 0 Å². The van der Waals surface area contributed by atoms with E-state index < -0.39 is 5.41 Å². The van der Waals surface area contributed by atoms with Gasteiger partial charge in [-0.3, -0.25) is 0 Å². The summed E-state index contributed by atoms with van der Waals surface area (Å²) in [6.45, 7) is 27.0. The van der Waals surface area contributed by atoms with Crippen LogP contribution in [0.25, 0.3) is 146 Å². The molecule has 0 radical (unpaired) electrons. The number of benzene rings is 16. The van der Waals surface area contributed by atoms with E-state index in [1.807, 2.05) is 0 Å². The molecule has 0 nitrogen and oxygen atoms in total. The molecule has 0 aliphatic rings. The van der Waals surface area contributed by atoms with Crippen molar-refractivity contribution in [2.24, 2.45) is 0 Å². The van der Waals surface area contributed by atoms with Gasteiger partial charge in [-0.2, -0.15) is 0 Å². The van der Waals surface area contributed by atoms with Crippen molar-refractivity contribution < 1.29 is 0 Å². The second kappa shape index (κ2) is 43.6. The van der Waals surface area contributed by atoms with Crippen molar-refractivity contribution in [1.82, 2.24) is 0 Å². The maximum Gasteiger partial charge on any atom is 0.0701 e. The Morgan fingerprint density at radius 2 is 0.146 bits per heavy atom. The molecular weight excluding hydrogens is 1650 g/mol. The molecule has 0 saturated carbocycles. The van der Waals surface area contributed by atoms with E-state index >= 15 is 0 Å². The maximum atomic E-state index is 2.34. The van der Waals surface area contributed by atoms with E-state index in [0.29, 0.717) is 0 Å². The van der Waals surface area contributed by atoms with Gasteiger partial charge in [-0.05, 0) is 200 Å². The number of hydrogen-bond acceptors (Lipinski definition) is 0. The highest BCUT2D eigenvalue weighted by Crippen LogP contribution is 2.46. The smallest absolute Gasteiger partial charge is 0.0579 e. The van der Waals surface area contributed by atoms with E-state index in [1.54, 1.807) is 0 Å². The average Bonchev–Trinajstić information content (AvgIpc) is 0.729. The summed E-state index contributed by atoms with van der Waals surface area (Å²) in [5, 5.41) is 0. The van der Waals surface area contributed by atoms with Crippen LogP contribution in [-0.4, -0.2) is 0 Å². The lowest BCUT2D eigenvalue weighted by Crippen LogP contribution is -2.31. The molecule has 0 aromatic heterocycles. The molecule has 0 heteroatoms. The Kier molecular flexibility index (Phi) is 30.1. The van der Waals surface area contributed by atoms with Crippen molar-refractivity contribution in [2.45, 2.75) is 110 Å². The summed E-state index contributed by atoms with van der Waals surface area (Å²) < 4.78 is 0. The van der Waals surface area contributed by atoms with Gasteiger partial charge in [-0.25, -0.2) is 0 Å². The first-order valence-corrected chi connectivity index (χ1v) is 48.1. The third kappa shape index (κ3) is 26.5. The van der Waals surface area contributed by atoms with Crippen molar-refractivity contribution in [2.75, 3.05) is 0 Å². The number of hydrogen-bond donors (Lipinski definition) is 0. The third-order valence-corrected chi connectivity index (χ3v) is 25.6. The molecule has 16 rings (SSSR count). The second-order valence-electron chi connectivity index (χ2n) is 40.1. The molecule has 0 spiro atoms. The molecule has 0 aliphatic heterocycles. The Hall–Kier alpha value is -15.6. The van der Waals surface area contributed by atoms with Crippen LogP contribution in [0.4, 0.5) is 0 Å². The first-order chi connectivity index (χ1) is 66.2. The summed E-state index contributed by atoms with van der Waals surface area (Å²) in [7, 11) is 0. The van der Waals surface area contributed by atoms with Crippen molar-refractivity contribution in [3.05, 3.63) is 566 Å². The Labute approximate surface area is 816 Å². The van der Waals surface area contributed by atoms with E-state index in [0.717, 1.165) is 111 Å². The van der Waals surface area contributed by atoms with Gasteiger partial charge in [0.05, 0.1) is 5.41 Å². The van der Waals surface area contributed by atoms with Gasteiger partial charge in [0.1, 0.15) is 0 Å². The minimum absolute atomic E-state index is 0.133. The molecular formula is C137H124. The van der Waals surface area contributed by atoms with Crippen LogP contribution in [0.1, 0.15) is 261 Å². The summed E-state index contributed by atoms with van der Waals surface area (Å²) in [5.74, 6) is 0. The highest BCUT2D eigenvalue weighted by atomic mass is 14.4. The summed E-state index contributed by atoms with van der Waals surface area (Å²) in [5.41, 5.74) is 37.3. The van der Waals surface area contributed by atoms with Crippen LogP contribution in [0, 0.1) is 0 Å². The fourth-order valence-electron chi connectivity index (χ4n) is 16.8. The summed E-state index contributed by atoms with van der Waals surface area (Å²) in [4.78, 5) is 0. The van der Waals surface area contributed by atoms with Gasteiger partial charge < -0.3 is 0 Å². The van der Waals surface area contributed by atoms with Crippen LogP contribution in [0.15, 0.2) is 388 Å². The fourth-order valence-corrected chi connectivity index (χ4v) is 16.8. The first-order valence-electron chi connectivity index (χ1n) is 48.1. The topological polar surface area (TPSA) is 0 Å². The summed E-state index contributed by atoms with van der Waals surface area (Å²) >= 11 is 0. The Morgan fingerprint density at radius 1 is 0.0876 bits per heavy atom. The van der Waals surface area contributed by atoms with Crippen LogP contribution < -0.4 is 0 Å². The van der Waals surface area contributed by atoms with Crippen LogP contribution in [0.3, 0.4) is 0 Å². The Bertz CT molecular complexity index is 6190. The summed E-state index contributed by atoms with van der Waals surface area (Å²) in [6, 6.07) is 142. The predicted octanol–water partition coefficient (Wildman–Crippen LogP) is 37.3. The molecule has 0 fully saturated rings. The highest BCUT2D eigenvalue weighted by molar-refractivity contribution is 5.82. The molecule has 0 saturated heterocycles. The van der Waals surface area contributed by atoms with Crippen molar-refractivity contribution in [3.63, 3.8) is 0 Å². The highest BCUT2D eigenvalue weighted by Gasteiger charge is 2.39. The zero-order chi connectivity index (χ0) is 95.2. The van der Waals surface area contributed by atoms with E-state index in [2.05, 4.69) is 617 Å². The van der Waals surface area contributed by atoms with E-state index in [-0.39, 0.29) is 21.7 Å². The molecule has 672 valence electrons. The molecule has 0 N–H and O–H groups in total. The van der Waals surface area contributed by atoms with E-state index in [4.69, 9.17) is 0 Å². The summed E-state index contributed by atoms with van der Waals surface area (Å²) in [6.07, 6.45) is 52.7. The predicted molar refractivity (Wildman–Crippen MR) is 604 cm³/mol. The monoisotopic (exact) mass is 1770 g/mol. The van der Waals surface area contributed by atoms with Gasteiger partial charge in [-0.15, -0.1) is 0 Å². The number of rotatable bonds is 28. The van der Waals surface area contributed by atoms with Crippen LogP contribution in [0.2, 0.25) is 0 Å². The lowest BCUT2D eigenvalue weighted by molar-refractivity contribution is 0.590. The lowest BCUT2D eigenvalue weighted by Gasteiger charge is -2.37. The molecule has 0 heterocycles. The quantitative estimate of drug-likeness (QED) is 0.0339. The largest absolute Gasteiger partial charge is 0.0701 e. The molecule has 16 aromatic rings. The average molecular weight is 1770 g/mol. The molecule has 16 aromatic carbocycles. The standard InChI is InChI=1S/C137H124/c1-133(2,3)125-85-69-117(70-86-125)61-53-109-37-21-101(22-38-109)13-17-105-29-45-113(46-30-105)57-65-121-77-93-129(94-78-121)137(130-95-79-122(80-96-130)66-58-114-47-31-106(32-48-114)18-14-102-23-39-110(40-24-102)54-62-118-71-87-126(88-72-118)134(4,5)6,131-97-81-123(82-98-131)67-59-115-49-33-107(34-50-115)19-15-103-25-41-111(42-26-103)55-63-119-73-89-127(90-74-119)135(7,8)9)132-99-83-124(84-100-132)68-60-116-51-35-108(36-52-116)20-16-104-27-43-112(44-28-104)56-64-120-75-91-128(92-76-120)136(10,11)12/h13-100H,1-12H3/b17-13+,18-14+,19-15+,20-16+,61-53+,62-54+,63-55+,64-56+,65-57+,66-58+,67-59+,68-60+. The van der Waals surface area contributed by atoms with Crippen molar-refractivity contribution in [3.8, 4) is 0 Å². The minimum atomic E-state index is -0.762. The first kappa shape index (κ1) is 94.6. The SMILES string of the molecule is CC(C)(C)c1ccc(/C=C/c2ccc(/C=C/c3ccc(/C=C/c4ccc(C(c5ccc(/C=C/c6ccc(/C=C/c7ccc(/C=C/c8ccc(C(C)(C)C)cc8)cc7)cc6)cc5)(c5ccc(/C=C/c6ccc(/C=C/c7ccc(/C=C/c8ccc(C(C)(C)C)cc8)cc7)cc6)cc5)c5ccc(/C=C/c6ccc(/C=C/c7ccc(/C=C/c8ccc(C(C)(C)C)cc8)cc7)cc6)cc5)cc4)cc3)cc2)cc1. The normalized spacial score (nSPS) is 12.8. The van der Waals surface area contributed by atoms with Crippen LogP contribution >= 0.6 is 0 Å². The van der Waals surface area contributed by atoms with Crippen LogP contribution in [0.5, 0.6) is 0 Å². The van der Waals surface area contributed by atoms with E-state index in [9.17, 15) is 0 Å². The molecule has 0 amide bonds. The Balaban J connectivity index is 0.660. The maximum absolute atomic E-state index is 2.34. The van der Waals surface area contributed by atoms with Crippen LogP contribution in [-0.2, 0) is 27.1 Å². The molecule has 137 heavy (non-hydrogen) atoms. The molecule has 0 atom stereocenters. The van der Waals surface area contributed by atoms with Gasteiger partial charge in [0, 0.05) is 0 Å². The zero-order valence-electron chi connectivity index (χ0n) is 81.3. The second-order valence-corrected chi connectivity index (χ2v) is 40.1. The molecule has 0 unspecified atom stereocenters. The Morgan fingerprint density at radius 3 is 0.212 bits per heavy atom. The zero-order valence-corrected chi connectivity index (χ0v) is 81.3.